The van der Waals surface area contributed by atoms with Crippen molar-refractivity contribution in [3.63, 3.8) is 0 Å². The van der Waals surface area contributed by atoms with E-state index in [1.165, 1.54) is 20.7 Å². The van der Waals surface area contributed by atoms with Crippen LogP contribution in [0.2, 0.25) is 0 Å². The fraction of sp³-hybridized carbons (Fsp3) is 0.545. The summed E-state index contributed by atoms with van der Waals surface area (Å²) in [6, 6.07) is 0. The highest BCUT2D eigenvalue weighted by atomic mass is 16.2. The van der Waals surface area contributed by atoms with Crippen molar-refractivity contribution < 1.29 is 14.4 Å². The second-order valence-electron chi connectivity index (χ2n) is 4.52. The number of hydrogen-bond donors (Lipinski definition) is 2. The van der Waals surface area contributed by atoms with Gasteiger partial charge in [0.1, 0.15) is 0 Å². The molecule has 3 amide bonds. The third kappa shape index (κ3) is 3.16. The van der Waals surface area contributed by atoms with Gasteiger partial charge in [0.2, 0.25) is 0 Å². The molecule has 0 atom stereocenters. The molecule has 1 aromatic rings. The number of carbonyl (C=O) groups excluding carboxylic acids is 3. The van der Waals surface area contributed by atoms with Gasteiger partial charge in [0.25, 0.3) is 5.91 Å². The summed E-state index contributed by atoms with van der Waals surface area (Å²) in [6.07, 6.45) is 1.43. The Balaban J connectivity index is 1.91. The fourth-order valence-electron chi connectivity index (χ4n) is 2.04. The van der Waals surface area contributed by atoms with E-state index in [0.717, 1.165) is 0 Å². The summed E-state index contributed by atoms with van der Waals surface area (Å²) in [6.45, 7) is 4.05. The quantitative estimate of drug-likeness (QED) is 0.269. The number of nitrogens with one attached hydrogen (secondary N) is 1. The van der Waals surface area contributed by atoms with E-state index in [1.807, 2.05) is 12.3 Å². The van der Waals surface area contributed by atoms with E-state index < -0.39 is 17.7 Å². The van der Waals surface area contributed by atoms with Crippen LogP contribution in [0.4, 0.5) is 0 Å². The van der Waals surface area contributed by atoms with Gasteiger partial charge < -0.3 is 9.80 Å². The van der Waals surface area contributed by atoms with Crippen LogP contribution in [0.15, 0.2) is 6.20 Å². The standard InChI is InChI=1S/C11H17N7O3/c1-2-16-3-4-17(11(21)10(16)20)5-6-18-7-8(14-15-18)9(19)13-12/h7H,2-6,12H2,1H3,(H,13,19). The molecule has 1 aromatic heterocycles. The van der Waals surface area contributed by atoms with E-state index >= 15 is 0 Å². The molecule has 0 radical (unpaired) electrons. The predicted octanol–water partition coefficient (Wildman–Crippen LogP) is -2.43. The van der Waals surface area contributed by atoms with Crippen LogP contribution in [0.3, 0.4) is 0 Å². The Hall–Kier alpha value is -2.49. The summed E-state index contributed by atoms with van der Waals surface area (Å²) < 4.78 is 1.43. The number of likely N-dealkylation sites (N-methyl/N-ethyl adjacent to an activating group) is 1. The van der Waals surface area contributed by atoms with Gasteiger partial charge in [0.15, 0.2) is 5.69 Å². The van der Waals surface area contributed by atoms with Gasteiger partial charge in [-0.3, -0.25) is 19.8 Å². The second kappa shape index (κ2) is 6.31. The van der Waals surface area contributed by atoms with Gasteiger partial charge in [-0.2, -0.15) is 0 Å². The smallest absolute Gasteiger partial charge is 0.312 e. The maximum absolute atomic E-state index is 11.9. The fourth-order valence-corrected chi connectivity index (χ4v) is 2.04. The van der Waals surface area contributed by atoms with Crippen molar-refractivity contribution in [3.05, 3.63) is 11.9 Å². The Kier molecular flexibility index (Phi) is 4.48. The van der Waals surface area contributed by atoms with Crippen molar-refractivity contribution in [3.8, 4) is 0 Å². The molecule has 0 unspecified atom stereocenters. The van der Waals surface area contributed by atoms with Crippen molar-refractivity contribution in [2.45, 2.75) is 13.5 Å². The SMILES string of the molecule is CCN1CCN(CCn2cc(C(=O)NN)nn2)C(=O)C1=O. The highest BCUT2D eigenvalue weighted by Gasteiger charge is 2.31. The number of aromatic nitrogens is 3. The molecule has 1 aliphatic heterocycles. The lowest BCUT2D eigenvalue weighted by Crippen LogP contribution is -2.54. The van der Waals surface area contributed by atoms with Crippen LogP contribution in [0, 0.1) is 0 Å². The maximum atomic E-state index is 11.9. The molecule has 114 valence electrons. The first-order chi connectivity index (χ1) is 10.1. The molecule has 2 heterocycles. The zero-order valence-corrected chi connectivity index (χ0v) is 11.7. The van der Waals surface area contributed by atoms with E-state index in [-0.39, 0.29) is 5.69 Å². The number of amides is 3. The Morgan fingerprint density at radius 2 is 1.95 bits per heavy atom. The molecule has 2 rings (SSSR count). The first kappa shape index (κ1) is 14.9. The Morgan fingerprint density at radius 3 is 2.62 bits per heavy atom. The molecule has 10 heteroatoms. The average Bonchev–Trinajstić information content (AvgIpc) is 2.97. The Morgan fingerprint density at radius 1 is 1.29 bits per heavy atom. The van der Waals surface area contributed by atoms with Crippen LogP contribution in [-0.2, 0) is 16.1 Å². The number of piperazine rings is 1. The van der Waals surface area contributed by atoms with Crippen molar-refractivity contribution in [2.75, 3.05) is 26.2 Å². The van der Waals surface area contributed by atoms with Crippen molar-refractivity contribution in [1.29, 1.82) is 0 Å². The van der Waals surface area contributed by atoms with Crippen LogP contribution >= 0.6 is 0 Å². The lowest BCUT2D eigenvalue weighted by Gasteiger charge is -2.32. The summed E-state index contributed by atoms with van der Waals surface area (Å²) in [5.41, 5.74) is 2.05. The molecule has 1 saturated heterocycles. The van der Waals surface area contributed by atoms with Crippen LogP contribution < -0.4 is 11.3 Å². The molecule has 0 spiro atoms. The average molecular weight is 295 g/mol. The topological polar surface area (TPSA) is 126 Å². The number of hydrazine groups is 1. The normalized spacial score (nSPS) is 15.5. The summed E-state index contributed by atoms with van der Waals surface area (Å²) in [5.74, 6) is 3.46. The van der Waals surface area contributed by atoms with Gasteiger partial charge in [0.05, 0.1) is 12.7 Å². The van der Waals surface area contributed by atoms with E-state index in [0.29, 0.717) is 32.7 Å². The van der Waals surface area contributed by atoms with Gasteiger partial charge in [-0.15, -0.1) is 5.10 Å². The third-order valence-corrected chi connectivity index (χ3v) is 3.28. The Bertz CT molecular complexity index is 556. The van der Waals surface area contributed by atoms with Gasteiger partial charge in [-0.05, 0) is 6.92 Å². The van der Waals surface area contributed by atoms with E-state index in [4.69, 9.17) is 5.84 Å². The van der Waals surface area contributed by atoms with Gasteiger partial charge in [0, 0.05) is 26.2 Å². The summed E-state index contributed by atoms with van der Waals surface area (Å²) >= 11 is 0. The van der Waals surface area contributed by atoms with Crippen molar-refractivity contribution in [1.82, 2.24) is 30.2 Å². The number of nitrogens with two attached hydrogens (primary N) is 1. The molecular formula is C11H17N7O3. The molecule has 0 aromatic carbocycles. The summed E-state index contributed by atoms with van der Waals surface area (Å²) in [4.78, 5) is 37.8. The van der Waals surface area contributed by atoms with E-state index in [1.54, 1.807) is 0 Å². The lowest BCUT2D eigenvalue weighted by atomic mass is 10.3. The maximum Gasteiger partial charge on any atom is 0.312 e. The number of nitrogen functional groups attached to an aromatic ring is 1. The van der Waals surface area contributed by atoms with E-state index in [2.05, 4.69) is 10.3 Å². The monoisotopic (exact) mass is 295 g/mol. The second-order valence-corrected chi connectivity index (χ2v) is 4.52. The molecule has 3 N–H and O–H groups in total. The summed E-state index contributed by atoms with van der Waals surface area (Å²) in [7, 11) is 0. The Labute approximate surface area is 120 Å². The first-order valence-corrected chi connectivity index (χ1v) is 6.56. The van der Waals surface area contributed by atoms with E-state index in [9.17, 15) is 14.4 Å². The van der Waals surface area contributed by atoms with Gasteiger partial charge in [-0.25, -0.2) is 10.5 Å². The van der Waals surface area contributed by atoms with Gasteiger partial charge >= 0.3 is 11.8 Å². The van der Waals surface area contributed by atoms with Crippen molar-refractivity contribution in [2.24, 2.45) is 5.84 Å². The number of rotatable bonds is 5. The van der Waals surface area contributed by atoms with Crippen LogP contribution in [0.5, 0.6) is 0 Å². The molecular weight excluding hydrogens is 278 g/mol. The highest BCUT2D eigenvalue weighted by molar-refractivity contribution is 6.35. The molecule has 21 heavy (non-hydrogen) atoms. The molecule has 10 nitrogen and oxygen atoms in total. The van der Waals surface area contributed by atoms with Gasteiger partial charge in [-0.1, -0.05) is 5.21 Å². The number of carbonyl (C=O) groups is 3. The third-order valence-electron chi connectivity index (χ3n) is 3.28. The highest BCUT2D eigenvalue weighted by Crippen LogP contribution is 2.05. The largest absolute Gasteiger partial charge is 0.333 e. The van der Waals surface area contributed by atoms with Crippen LogP contribution in [-0.4, -0.2) is 68.7 Å². The minimum Gasteiger partial charge on any atom is -0.333 e. The first-order valence-electron chi connectivity index (χ1n) is 6.56. The molecule has 1 aliphatic rings. The molecule has 0 saturated carbocycles. The zero-order chi connectivity index (χ0) is 15.4. The lowest BCUT2D eigenvalue weighted by molar-refractivity contribution is -0.155. The van der Waals surface area contributed by atoms with Crippen LogP contribution in [0.25, 0.3) is 0 Å². The van der Waals surface area contributed by atoms with Crippen LogP contribution in [0.1, 0.15) is 17.4 Å². The van der Waals surface area contributed by atoms with Crippen molar-refractivity contribution >= 4 is 17.7 Å². The minimum absolute atomic E-state index is 0.0932. The molecule has 1 fully saturated rings. The summed E-state index contributed by atoms with van der Waals surface area (Å²) in [5, 5.41) is 7.41. The number of nitrogens with zero attached hydrogens (tertiary/aromatic N) is 5. The predicted molar refractivity (Wildman–Crippen MR) is 70.5 cm³/mol. The minimum atomic E-state index is -0.538. The molecule has 0 aliphatic carbocycles. The number of hydrogen-bond acceptors (Lipinski definition) is 6. The zero-order valence-electron chi connectivity index (χ0n) is 11.7. The molecule has 0 bridgehead atoms.